The van der Waals surface area contributed by atoms with Gasteiger partial charge in [0.25, 0.3) is 0 Å². The number of carboxylic acid groups (broad SMARTS) is 2. The number of phenols is 1. The van der Waals surface area contributed by atoms with E-state index in [1.807, 2.05) is 24.3 Å². The molecular weight excluding hydrogens is 558 g/mol. The van der Waals surface area contributed by atoms with Crippen LogP contribution in [0.25, 0.3) is 10.9 Å². The largest absolute Gasteiger partial charge is 0.508 e. The number of nitrogens with one attached hydrogen (secondary N) is 4. The van der Waals surface area contributed by atoms with Gasteiger partial charge >= 0.3 is 11.9 Å². The fourth-order valence-corrected chi connectivity index (χ4v) is 4.58. The number of hydrogen-bond donors (Lipinski definition) is 8. The molecule has 0 radical (unpaired) electrons. The van der Waals surface area contributed by atoms with Crippen LogP contribution in [0.1, 0.15) is 37.8 Å². The maximum absolute atomic E-state index is 13.7. The third-order valence-corrected chi connectivity index (χ3v) is 7.25. The van der Waals surface area contributed by atoms with E-state index in [1.54, 1.807) is 32.2 Å². The number of phenolic OH excluding ortho intramolecular Hbond substituents is 1. The van der Waals surface area contributed by atoms with Gasteiger partial charge in [0.05, 0.1) is 12.5 Å². The molecule has 0 aliphatic carbocycles. The molecular formula is C30H37N5O8. The van der Waals surface area contributed by atoms with Crippen LogP contribution in [-0.2, 0) is 36.8 Å². The van der Waals surface area contributed by atoms with Crippen molar-refractivity contribution in [1.29, 1.82) is 0 Å². The maximum Gasteiger partial charge on any atom is 0.326 e. The lowest BCUT2D eigenvalue weighted by molar-refractivity contribution is -0.147. The van der Waals surface area contributed by atoms with E-state index in [-0.39, 0.29) is 18.6 Å². The van der Waals surface area contributed by atoms with E-state index in [2.05, 4.69) is 20.9 Å². The molecule has 0 saturated heterocycles. The summed E-state index contributed by atoms with van der Waals surface area (Å²) in [5, 5.41) is 36.3. The van der Waals surface area contributed by atoms with Gasteiger partial charge in [0.15, 0.2) is 0 Å². The summed E-state index contributed by atoms with van der Waals surface area (Å²) >= 11 is 0. The zero-order valence-electron chi connectivity index (χ0n) is 23.9. The molecule has 9 N–H and O–H groups in total. The van der Waals surface area contributed by atoms with Crippen LogP contribution in [0.3, 0.4) is 0 Å². The van der Waals surface area contributed by atoms with E-state index in [0.717, 1.165) is 16.5 Å². The molecule has 0 aliphatic heterocycles. The van der Waals surface area contributed by atoms with Gasteiger partial charge in [-0.05, 0) is 41.7 Å². The number of fused-ring (bicyclic) bond motifs is 1. The molecule has 0 saturated carbocycles. The molecule has 5 atom stereocenters. The van der Waals surface area contributed by atoms with E-state index >= 15 is 0 Å². The number of aromatic nitrogens is 1. The van der Waals surface area contributed by atoms with Crippen molar-refractivity contribution < 1.29 is 39.3 Å². The second kappa shape index (κ2) is 14.8. The molecule has 13 heteroatoms. The van der Waals surface area contributed by atoms with Crippen LogP contribution in [0.4, 0.5) is 0 Å². The molecule has 13 nitrogen and oxygen atoms in total. The summed E-state index contributed by atoms with van der Waals surface area (Å²) < 4.78 is 0. The summed E-state index contributed by atoms with van der Waals surface area (Å²) in [6, 6.07) is 8.46. The Morgan fingerprint density at radius 1 is 0.860 bits per heavy atom. The van der Waals surface area contributed by atoms with Gasteiger partial charge in [-0.25, -0.2) is 4.79 Å². The van der Waals surface area contributed by atoms with Gasteiger partial charge in [0.1, 0.15) is 23.9 Å². The Balaban J connectivity index is 1.85. The molecule has 5 unspecified atom stereocenters. The molecule has 1 aromatic heterocycles. The van der Waals surface area contributed by atoms with Crippen molar-refractivity contribution in [3.8, 4) is 5.75 Å². The SMILES string of the molecule is CCC(C)C(NC(=O)C(Cc1c[nH]c2ccccc12)NC(=O)C(N)Cc1ccc(O)cc1)C(=O)NC(CC(=O)O)C(=O)O. The molecule has 1 heterocycles. The summed E-state index contributed by atoms with van der Waals surface area (Å²) in [7, 11) is 0. The van der Waals surface area contributed by atoms with Crippen molar-refractivity contribution in [1.82, 2.24) is 20.9 Å². The smallest absolute Gasteiger partial charge is 0.326 e. The van der Waals surface area contributed by atoms with Crippen LogP contribution in [-0.4, -0.2) is 74.1 Å². The lowest BCUT2D eigenvalue weighted by atomic mass is 9.96. The predicted octanol–water partition coefficient (Wildman–Crippen LogP) is 1.05. The average molecular weight is 596 g/mol. The van der Waals surface area contributed by atoms with Crippen LogP contribution in [0, 0.1) is 5.92 Å². The Morgan fingerprint density at radius 2 is 1.51 bits per heavy atom. The summed E-state index contributed by atoms with van der Waals surface area (Å²) in [4.78, 5) is 65.8. The van der Waals surface area contributed by atoms with Gasteiger partial charge in [-0.15, -0.1) is 0 Å². The van der Waals surface area contributed by atoms with Gasteiger partial charge in [0.2, 0.25) is 17.7 Å². The van der Waals surface area contributed by atoms with Gasteiger partial charge in [0, 0.05) is 23.5 Å². The molecule has 230 valence electrons. The lowest BCUT2D eigenvalue weighted by Gasteiger charge is -2.28. The van der Waals surface area contributed by atoms with Crippen LogP contribution in [0.5, 0.6) is 5.75 Å². The Bertz CT molecular complexity index is 1450. The first kappa shape index (κ1) is 32.6. The number of carboxylic acids is 2. The first-order valence-corrected chi connectivity index (χ1v) is 13.8. The van der Waals surface area contributed by atoms with Gasteiger partial charge in [-0.2, -0.15) is 0 Å². The van der Waals surface area contributed by atoms with Crippen molar-refractivity contribution >= 4 is 40.6 Å². The van der Waals surface area contributed by atoms with Crippen LogP contribution >= 0.6 is 0 Å². The minimum Gasteiger partial charge on any atom is -0.508 e. The molecule has 0 spiro atoms. The average Bonchev–Trinajstić information content (AvgIpc) is 3.38. The number of H-pyrrole nitrogens is 1. The maximum atomic E-state index is 13.7. The van der Waals surface area contributed by atoms with Crippen molar-refractivity contribution in [2.45, 2.75) is 63.7 Å². The highest BCUT2D eigenvalue weighted by atomic mass is 16.4. The van der Waals surface area contributed by atoms with Crippen molar-refractivity contribution in [3.63, 3.8) is 0 Å². The molecule has 3 rings (SSSR count). The quantitative estimate of drug-likeness (QED) is 0.125. The lowest BCUT2D eigenvalue weighted by Crippen LogP contribution is -2.59. The van der Waals surface area contributed by atoms with Crippen molar-refractivity contribution in [2.75, 3.05) is 0 Å². The molecule has 2 aromatic carbocycles. The number of aromatic hydroxyl groups is 1. The number of para-hydroxylation sites is 1. The normalized spacial score (nSPS) is 14.6. The van der Waals surface area contributed by atoms with E-state index in [0.29, 0.717) is 12.0 Å². The fourth-order valence-electron chi connectivity index (χ4n) is 4.58. The number of benzene rings is 2. The summed E-state index contributed by atoms with van der Waals surface area (Å²) in [6.45, 7) is 3.45. The first-order chi connectivity index (χ1) is 20.4. The first-order valence-electron chi connectivity index (χ1n) is 13.8. The van der Waals surface area contributed by atoms with E-state index in [1.165, 1.54) is 12.1 Å². The van der Waals surface area contributed by atoms with Crippen LogP contribution in [0.15, 0.2) is 54.7 Å². The molecule has 3 amide bonds. The number of amides is 3. The minimum absolute atomic E-state index is 0.0408. The Kier molecular flexibility index (Phi) is 11.2. The number of rotatable bonds is 15. The number of nitrogens with two attached hydrogens (primary N) is 1. The van der Waals surface area contributed by atoms with Crippen LogP contribution < -0.4 is 21.7 Å². The zero-order chi connectivity index (χ0) is 31.7. The Hall–Kier alpha value is -4.91. The molecule has 0 fully saturated rings. The molecule has 0 bridgehead atoms. The highest BCUT2D eigenvalue weighted by Crippen LogP contribution is 2.20. The number of carbonyl (C=O) groups is 5. The standard InChI is InChI=1S/C30H37N5O8/c1-3-16(2)26(29(41)34-24(30(42)43)14-25(37)38)35-28(40)23(13-18-15-32-22-7-5-4-6-20(18)22)33-27(39)21(31)12-17-8-10-19(36)11-9-17/h4-11,15-16,21,23-24,26,32,36H,3,12-14,31H2,1-2H3,(H,33,39)(H,34,41)(H,35,40)(H,37,38)(H,42,43). The van der Waals surface area contributed by atoms with Gasteiger partial charge in [-0.1, -0.05) is 50.6 Å². The number of carbonyl (C=O) groups excluding carboxylic acids is 3. The summed E-state index contributed by atoms with van der Waals surface area (Å²) in [6.07, 6.45) is 1.47. The van der Waals surface area contributed by atoms with E-state index < -0.39 is 66.2 Å². The number of aromatic amines is 1. The second-order valence-corrected chi connectivity index (χ2v) is 10.5. The highest BCUT2D eigenvalue weighted by Gasteiger charge is 2.33. The van der Waals surface area contributed by atoms with Crippen molar-refractivity contribution in [3.05, 3.63) is 65.9 Å². The van der Waals surface area contributed by atoms with Gasteiger partial charge in [-0.3, -0.25) is 19.2 Å². The van der Waals surface area contributed by atoms with Gasteiger partial charge < -0.3 is 42.0 Å². The summed E-state index contributed by atoms with van der Waals surface area (Å²) in [5.74, 6) is -5.54. The minimum atomic E-state index is -1.70. The third-order valence-electron chi connectivity index (χ3n) is 7.25. The Morgan fingerprint density at radius 3 is 2.14 bits per heavy atom. The summed E-state index contributed by atoms with van der Waals surface area (Å²) in [5.41, 5.74) is 8.40. The van der Waals surface area contributed by atoms with E-state index in [4.69, 9.17) is 10.8 Å². The molecule has 0 aliphatic rings. The third kappa shape index (κ3) is 9.04. The molecule has 43 heavy (non-hydrogen) atoms. The topological polar surface area (TPSA) is 224 Å². The number of aliphatic carboxylic acids is 2. The number of hydrogen-bond acceptors (Lipinski definition) is 7. The highest BCUT2D eigenvalue weighted by molar-refractivity contribution is 5.95. The Labute approximate surface area is 247 Å². The van der Waals surface area contributed by atoms with Crippen molar-refractivity contribution in [2.24, 2.45) is 11.7 Å². The fraction of sp³-hybridized carbons (Fsp3) is 0.367. The monoisotopic (exact) mass is 595 g/mol. The predicted molar refractivity (Wildman–Crippen MR) is 157 cm³/mol. The zero-order valence-corrected chi connectivity index (χ0v) is 23.9. The second-order valence-electron chi connectivity index (χ2n) is 10.5. The molecule has 3 aromatic rings. The van der Waals surface area contributed by atoms with E-state index in [9.17, 15) is 34.2 Å². The van der Waals surface area contributed by atoms with Crippen LogP contribution in [0.2, 0.25) is 0 Å².